The van der Waals surface area contributed by atoms with Gasteiger partial charge in [0.05, 0.1) is 50.3 Å². The molecule has 0 spiro atoms. The average molecular weight is 718 g/mol. The van der Waals surface area contributed by atoms with Crippen LogP contribution in [0.1, 0.15) is 24.8 Å². The van der Waals surface area contributed by atoms with Crippen LogP contribution in [-0.2, 0) is 4.74 Å². The third kappa shape index (κ3) is 4.97. The van der Waals surface area contributed by atoms with Gasteiger partial charge in [-0.3, -0.25) is 14.8 Å². The van der Waals surface area contributed by atoms with E-state index in [1.165, 1.54) is 23.4 Å². The zero-order valence-corrected chi connectivity index (χ0v) is 26.9. The number of rotatable bonds is 7. The van der Waals surface area contributed by atoms with Crippen LogP contribution in [0.3, 0.4) is 0 Å². The zero-order valence-electron chi connectivity index (χ0n) is 25.4. The molecule has 0 bridgehead atoms. The van der Waals surface area contributed by atoms with Gasteiger partial charge in [0.1, 0.15) is 42.2 Å². The van der Waals surface area contributed by atoms with Crippen LogP contribution in [0.4, 0.5) is 32.8 Å². The van der Waals surface area contributed by atoms with Crippen LogP contribution < -0.4 is 25.9 Å². The lowest BCUT2D eigenvalue weighted by molar-refractivity contribution is 0.0247. The van der Waals surface area contributed by atoms with E-state index in [1.54, 1.807) is 0 Å². The van der Waals surface area contributed by atoms with Crippen LogP contribution in [0.5, 0.6) is 5.75 Å². The fraction of sp³-hybridized carbons (Fsp3) is 0.344. The Labute approximate surface area is 283 Å². The minimum atomic E-state index is -2.88. The van der Waals surface area contributed by atoms with E-state index < -0.39 is 42.1 Å². The molecular formula is C32H25ClF5N7O3S. The molecule has 0 saturated carbocycles. The summed E-state index contributed by atoms with van der Waals surface area (Å²) in [7, 11) is 0. The van der Waals surface area contributed by atoms with Crippen LogP contribution in [-0.4, -0.2) is 65.8 Å². The highest BCUT2D eigenvalue weighted by molar-refractivity contribution is 7.23. The Morgan fingerprint density at radius 2 is 2.12 bits per heavy atom. The maximum Gasteiger partial charge on any atom is 0.302 e. The third-order valence-corrected chi connectivity index (χ3v) is 10.8. The van der Waals surface area contributed by atoms with E-state index >= 15 is 4.39 Å². The summed E-state index contributed by atoms with van der Waals surface area (Å²) in [6.07, 6.45) is 1.43. The SMILES string of the molecule is N#Cc1c(N)sc2c(F)ccc(-c3c(F)c4c5c(c3Cl)=NCN(c3cnco3)C=5N(CC(F)F)C=C(OC[C@@]35CCCN3C[C@H](F)C5)O4)c12. The van der Waals surface area contributed by atoms with Crippen molar-refractivity contribution in [2.75, 3.05) is 43.5 Å². The van der Waals surface area contributed by atoms with Gasteiger partial charge in [-0.1, -0.05) is 17.7 Å². The van der Waals surface area contributed by atoms with E-state index in [1.807, 2.05) is 11.0 Å². The van der Waals surface area contributed by atoms with Gasteiger partial charge in [-0.2, -0.15) is 5.26 Å². The van der Waals surface area contributed by atoms with Gasteiger partial charge >= 0.3 is 5.95 Å². The monoisotopic (exact) mass is 717 g/mol. The first kappa shape index (κ1) is 31.7. The van der Waals surface area contributed by atoms with Gasteiger partial charge in [0.25, 0.3) is 6.43 Å². The second-order valence-electron chi connectivity index (χ2n) is 12.2. The number of nitrogen functional groups attached to an aromatic ring is 1. The van der Waals surface area contributed by atoms with E-state index in [-0.39, 0.29) is 91.3 Å². The summed E-state index contributed by atoms with van der Waals surface area (Å²) in [5.41, 5.74) is 5.11. The number of halogens is 6. The Balaban J connectivity index is 1.37. The number of ether oxygens (including phenoxy) is 2. The van der Waals surface area contributed by atoms with Crippen molar-refractivity contribution >= 4 is 49.7 Å². The van der Waals surface area contributed by atoms with Gasteiger partial charge in [-0.25, -0.2) is 26.9 Å². The number of nitrogens with two attached hydrogens (primary N) is 1. The van der Waals surface area contributed by atoms with Crippen molar-refractivity contribution < 1.29 is 35.8 Å². The molecule has 6 heterocycles. The minimum Gasteiger partial charge on any atom is -0.462 e. The minimum absolute atomic E-state index is 0.00455. The molecule has 0 unspecified atom stereocenters. The summed E-state index contributed by atoms with van der Waals surface area (Å²) >= 11 is 7.78. The maximum absolute atomic E-state index is 17.3. The van der Waals surface area contributed by atoms with Gasteiger partial charge in [0, 0.05) is 23.9 Å². The molecule has 8 rings (SSSR count). The Bertz CT molecular complexity index is 2210. The zero-order chi connectivity index (χ0) is 34.2. The second kappa shape index (κ2) is 11.8. The van der Waals surface area contributed by atoms with Crippen molar-refractivity contribution in [3.8, 4) is 22.9 Å². The molecular weight excluding hydrogens is 693 g/mol. The lowest BCUT2D eigenvalue weighted by atomic mass is 9.95. The number of alkyl halides is 3. The number of nitrogens with zero attached hydrogens (tertiary/aromatic N) is 6. The summed E-state index contributed by atoms with van der Waals surface area (Å²) in [4.78, 5) is 13.1. The van der Waals surface area contributed by atoms with Crippen LogP contribution in [0, 0.1) is 23.0 Å². The standard InChI is InChI=1S/C32H25ClF5N7O3S/c33-25-23(16-2-3-18(35)29-22(16)17(7-39)30(40)49-29)26(38)28-24-27(25)42-13-45(20-8-41-14-47-20)31(24)43(10-19(36)37)11-21(48-28)46-12-32-4-1-5-44(32)9-15(34)6-32/h2-3,8,11,14-15,19H,1,4-6,9-10,12-13,40H2/t15-,32+/m1/s1. The summed E-state index contributed by atoms with van der Waals surface area (Å²) in [6.45, 7) is -0.207. The molecule has 2 N–H and O–H groups in total. The molecule has 17 heteroatoms. The number of nitriles is 1. The molecule has 0 radical (unpaired) electrons. The van der Waals surface area contributed by atoms with Gasteiger partial charge in [0.15, 0.2) is 18.0 Å². The maximum atomic E-state index is 17.3. The lowest BCUT2D eigenvalue weighted by Crippen LogP contribution is -2.47. The molecule has 10 nitrogen and oxygen atoms in total. The highest BCUT2D eigenvalue weighted by atomic mass is 35.5. The summed E-state index contributed by atoms with van der Waals surface area (Å²) < 4.78 is 93.1. The molecule has 2 aromatic carbocycles. The molecule has 49 heavy (non-hydrogen) atoms. The predicted octanol–water partition coefficient (Wildman–Crippen LogP) is 5.46. The van der Waals surface area contributed by atoms with E-state index in [4.69, 9.17) is 31.2 Å². The Kier molecular flexibility index (Phi) is 7.61. The average Bonchev–Trinajstić information content (AvgIpc) is 3.84. The quantitative estimate of drug-likeness (QED) is 0.249. The van der Waals surface area contributed by atoms with E-state index in [0.717, 1.165) is 35.1 Å². The summed E-state index contributed by atoms with van der Waals surface area (Å²) in [5, 5.41) is 9.65. The topological polar surface area (TPSA) is 116 Å². The summed E-state index contributed by atoms with van der Waals surface area (Å²) in [5.74, 6) is -2.44. The predicted molar refractivity (Wildman–Crippen MR) is 170 cm³/mol. The molecule has 2 saturated heterocycles. The molecule has 0 aliphatic carbocycles. The van der Waals surface area contributed by atoms with Crippen LogP contribution in [0.2, 0.25) is 5.02 Å². The third-order valence-electron chi connectivity index (χ3n) is 9.36. The number of thiophene rings is 1. The number of hydrogen-bond acceptors (Lipinski definition) is 11. The van der Waals surface area contributed by atoms with Crippen LogP contribution in [0.25, 0.3) is 27.0 Å². The molecule has 4 aliphatic rings. The second-order valence-corrected chi connectivity index (χ2v) is 13.6. The van der Waals surface area contributed by atoms with Crippen molar-refractivity contribution in [3.05, 3.63) is 69.7 Å². The van der Waals surface area contributed by atoms with Crippen molar-refractivity contribution in [2.45, 2.75) is 37.4 Å². The highest BCUT2D eigenvalue weighted by Crippen LogP contribution is 2.45. The molecule has 4 aromatic rings. The van der Waals surface area contributed by atoms with Crippen LogP contribution in [0.15, 0.2) is 46.3 Å². The molecule has 4 aliphatic heterocycles. The first-order chi connectivity index (χ1) is 23.6. The summed E-state index contributed by atoms with van der Waals surface area (Å²) in [6, 6.07) is 4.34. The van der Waals surface area contributed by atoms with Crippen molar-refractivity contribution in [1.29, 1.82) is 5.26 Å². The Morgan fingerprint density at radius 3 is 2.88 bits per heavy atom. The van der Waals surface area contributed by atoms with Gasteiger partial charge < -0.3 is 24.5 Å². The normalized spacial score (nSPS) is 21.7. The first-order valence-corrected chi connectivity index (χ1v) is 16.4. The highest BCUT2D eigenvalue weighted by Gasteiger charge is 2.49. The van der Waals surface area contributed by atoms with Crippen molar-refractivity contribution in [1.82, 2.24) is 14.8 Å². The number of benzene rings is 2. The Hall–Kier alpha value is -4.59. The first-order valence-electron chi connectivity index (χ1n) is 15.2. The number of hydrogen-bond donors (Lipinski definition) is 1. The van der Waals surface area contributed by atoms with Gasteiger partial charge in [-0.05, 0) is 31.0 Å². The smallest absolute Gasteiger partial charge is 0.302 e. The van der Waals surface area contributed by atoms with Crippen molar-refractivity contribution in [3.63, 3.8) is 0 Å². The van der Waals surface area contributed by atoms with E-state index in [9.17, 15) is 22.8 Å². The van der Waals surface area contributed by atoms with E-state index in [0.29, 0.717) is 13.0 Å². The molecule has 2 atom stereocenters. The lowest BCUT2D eigenvalue weighted by Gasteiger charge is -2.32. The fourth-order valence-electron chi connectivity index (χ4n) is 7.33. The van der Waals surface area contributed by atoms with Gasteiger partial charge in [0.2, 0.25) is 5.88 Å². The molecule has 2 fully saturated rings. The Morgan fingerprint density at radius 1 is 1.29 bits per heavy atom. The van der Waals surface area contributed by atoms with Gasteiger partial charge in [-0.15, -0.1) is 11.3 Å². The number of anilines is 2. The fourth-order valence-corrected chi connectivity index (χ4v) is 8.62. The largest absolute Gasteiger partial charge is 0.462 e. The molecule has 2 aromatic heterocycles. The van der Waals surface area contributed by atoms with Crippen LogP contribution >= 0.6 is 22.9 Å². The molecule has 0 amide bonds. The number of fused-ring (bicyclic) bond motifs is 2. The number of aromatic nitrogens is 1. The van der Waals surface area contributed by atoms with Crippen molar-refractivity contribution in [2.24, 2.45) is 4.99 Å². The number of oxazole rings is 1. The molecule has 254 valence electrons. The van der Waals surface area contributed by atoms with E-state index in [2.05, 4.69) is 9.98 Å².